The summed E-state index contributed by atoms with van der Waals surface area (Å²) in [5.41, 5.74) is 1.35. The molecule has 0 aliphatic rings. The molecule has 0 radical (unpaired) electrons. The molecule has 2 N–H and O–H groups in total. The van der Waals surface area contributed by atoms with Gasteiger partial charge in [0.15, 0.2) is 11.5 Å². The van der Waals surface area contributed by atoms with Crippen LogP contribution in [-0.2, 0) is 0 Å². The molecule has 7 heteroatoms. The minimum atomic E-state index is -0.234. The van der Waals surface area contributed by atoms with Crippen molar-refractivity contribution >= 4 is 17.1 Å². The lowest BCUT2D eigenvalue weighted by Gasteiger charge is -2.02. The largest absolute Gasteiger partial charge is 0.340 e. The zero-order chi connectivity index (χ0) is 12.5. The molecule has 0 aliphatic carbocycles. The lowest BCUT2D eigenvalue weighted by Crippen LogP contribution is -2.23. The molecule has 3 heterocycles. The third-order valence-corrected chi connectivity index (χ3v) is 2.62. The highest BCUT2D eigenvalue weighted by Gasteiger charge is 2.11. The Bertz CT molecular complexity index is 699. The van der Waals surface area contributed by atoms with Crippen LogP contribution in [0.5, 0.6) is 0 Å². The molecule has 0 saturated carbocycles. The Morgan fingerprint density at radius 3 is 3.06 bits per heavy atom. The third-order valence-electron chi connectivity index (χ3n) is 2.62. The van der Waals surface area contributed by atoms with Crippen LogP contribution >= 0.6 is 0 Å². The summed E-state index contributed by atoms with van der Waals surface area (Å²) in [6, 6.07) is 1.56. The van der Waals surface area contributed by atoms with Crippen LogP contribution in [0.25, 0.3) is 22.4 Å². The van der Waals surface area contributed by atoms with Crippen molar-refractivity contribution in [2.24, 2.45) is 0 Å². The van der Waals surface area contributed by atoms with Gasteiger partial charge < -0.3 is 5.32 Å². The summed E-state index contributed by atoms with van der Waals surface area (Å²) >= 11 is 0. The number of hydrogen-bond donors (Lipinski definition) is 2. The Kier molecular flexibility index (Phi) is 2.30. The molecule has 0 saturated heterocycles. The second-order valence-corrected chi connectivity index (χ2v) is 3.70. The van der Waals surface area contributed by atoms with Gasteiger partial charge in [-0.05, 0) is 6.07 Å². The standard InChI is InChI=1S/C11H10N6O/c1-12-11(18)17-3-2-7-4-13-9(16-10(7)17)8-5-14-15-6-8/h2-6H,1H3,(H,12,18)(H,14,15). The van der Waals surface area contributed by atoms with E-state index in [9.17, 15) is 4.79 Å². The number of H-pyrrole nitrogens is 1. The molecule has 1 amide bonds. The Labute approximate surface area is 102 Å². The number of nitrogens with zero attached hydrogens (tertiary/aromatic N) is 4. The number of hydrogen-bond acceptors (Lipinski definition) is 4. The van der Waals surface area contributed by atoms with Gasteiger partial charge in [-0.25, -0.2) is 14.8 Å². The molecule has 0 unspecified atom stereocenters. The number of rotatable bonds is 1. The SMILES string of the molecule is CNC(=O)n1ccc2cnc(-c3cn[nH]c3)nc21. The fraction of sp³-hybridized carbons (Fsp3) is 0.0909. The number of amides is 1. The quantitative estimate of drug-likeness (QED) is 0.666. The van der Waals surface area contributed by atoms with Crippen LogP contribution in [0.15, 0.2) is 30.9 Å². The fourth-order valence-electron chi connectivity index (χ4n) is 1.71. The van der Waals surface area contributed by atoms with Crippen LogP contribution in [0.2, 0.25) is 0 Å². The molecule has 18 heavy (non-hydrogen) atoms. The Hall–Kier alpha value is -2.70. The molecule has 0 aromatic carbocycles. The highest BCUT2D eigenvalue weighted by atomic mass is 16.2. The molecule has 0 fully saturated rings. The second-order valence-electron chi connectivity index (χ2n) is 3.70. The minimum absolute atomic E-state index is 0.234. The Balaban J connectivity index is 2.18. The molecular weight excluding hydrogens is 232 g/mol. The smallest absolute Gasteiger partial charge is 0.326 e. The molecule has 0 bridgehead atoms. The third kappa shape index (κ3) is 1.53. The molecule has 0 atom stereocenters. The van der Waals surface area contributed by atoms with Gasteiger partial charge in [0.05, 0.1) is 11.8 Å². The maximum Gasteiger partial charge on any atom is 0.326 e. The lowest BCUT2D eigenvalue weighted by molar-refractivity contribution is 0.245. The van der Waals surface area contributed by atoms with Gasteiger partial charge in [-0.15, -0.1) is 0 Å². The van der Waals surface area contributed by atoms with Crippen molar-refractivity contribution in [2.45, 2.75) is 0 Å². The van der Waals surface area contributed by atoms with E-state index in [0.29, 0.717) is 11.5 Å². The fourth-order valence-corrected chi connectivity index (χ4v) is 1.71. The molecule has 3 aromatic heterocycles. The summed E-state index contributed by atoms with van der Waals surface area (Å²) < 4.78 is 1.45. The molecular formula is C11H10N6O. The van der Waals surface area contributed by atoms with E-state index in [2.05, 4.69) is 25.5 Å². The molecule has 0 aliphatic heterocycles. The molecule has 7 nitrogen and oxygen atoms in total. The number of aromatic amines is 1. The van der Waals surface area contributed by atoms with Gasteiger partial charge in [0.25, 0.3) is 0 Å². The summed E-state index contributed by atoms with van der Waals surface area (Å²) in [5, 5.41) is 9.92. The molecule has 90 valence electrons. The zero-order valence-corrected chi connectivity index (χ0v) is 9.58. The first-order valence-electron chi connectivity index (χ1n) is 5.35. The Morgan fingerprint density at radius 2 is 2.33 bits per heavy atom. The van der Waals surface area contributed by atoms with Crippen LogP contribution < -0.4 is 5.32 Å². The van der Waals surface area contributed by atoms with Crippen molar-refractivity contribution < 1.29 is 4.79 Å². The topological polar surface area (TPSA) is 88.5 Å². The minimum Gasteiger partial charge on any atom is -0.340 e. The second kappa shape index (κ2) is 3.95. The van der Waals surface area contributed by atoms with Crippen LogP contribution in [0.1, 0.15) is 0 Å². The average molecular weight is 242 g/mol. The van der Waals surface area contributed by atoms with Gasteiger partial charge >= 0.3 is 6.03 Å². The molecule has 3 aromatic rings. The van der Waals surface area contributed by atoms with Crippen molar-refractivity contribution in [1.82, 2.24) is 30.0 Å². The molecule has 3 rings (SSSR count). The van der Waals surface area contributed by atoms with Crippen LogP contribution in [0.4, 0.5) is 4.79 Å². The van der Waals surface area contributed by atoms with Gasteiger partial charge in [0.1, 0.15) is 0 Å². The van der Waals surface area contributed by atoms with Crippen molar-refractivity contribution in [2.75, 3.05) is 7.05 Å². The summed E-state index contributed by atoms with van der Waals surface area (Å²) in [6.07, 6.45) is 6.68. The van der Waals surface area contributed by atoms with E-state index in [1.807, 2.05) is 0 Å². The predicted molar refractivity (Wildman–Crippen MR) is 65.0 cm³/mol. The number of aromatic nitrogens is 5. The first kappa shape index (κ1) is 10.5. The highest BCUT2D eigenvalue weighted by molar-refractivity contribution is 5.89. The lowest BCUT2D eigenvalue weighted by atomic mass is 10.3. The van der Waals surface area contributed by atoms with E-state index in [1.54, 1.807) is 37.9 Å². The number of carbonyl (C=O) groups excluding carboxylic acids is 1. The van der Waals surface area contributed by atoms with E-state index in [0.717, 1.165) is 10.9 Å². The summed E-state index contributed by atoms with van der Waals surface area (Å²) in [5.74, 6) is 0.528. The van der Waals surface area contributed by atoms with Gasteiger partial charge in [0.2, 0.25) is 0 Å². The van der Waals surface area contributed by atoms with Crippen molar-refractivity contribution in [3.8, 4) is 11.4 Å². The molecule has 0 spiro atoms. The van der Waals surface area contributed by atoms with Gasteiger partial charge in [-0.3, -0.25) is 9.67 Å². The number of fused-ring (bicyclic) bond motifs is 1. The van der Waals surface area contributed by atoms with Crippen LogP contribution in [-0.4, -0.2) is 37.8 Å². The first-order valence-corrected chi connectivity index (χ1v) is 5.35. The number of nitrogens with one attached hydrogen (secondary N) is 2. The van der Waals surface area contributed by atoms with Gasteiger partial charge in [0, 0.05) is 31.0 Å². The number of carbonyl (C=O) groups is 1. The van der Waals surface area contributed by atoms with Crippen molar-refractivity contribution in [1.29, 1.82) is 0 Å². The van der Waals surface area contributed by atoms with Crippen molar-refractivity contribution in [3.05, 3.63) is 30.9 Å². The van der Waals surface area contributed by atoms with E-state index in [1.165, 1.54) is 4.57 Å². The highest BCUT2D eigenvalue weighted by Crippen LogP contribution is 2.17. The monoisotopic (exact) mass is 242 g/mol. The maximum absolute atomic E-state index is 11.7. The van der Waals surface area contributed by atoms with E-state index in [4.69, 9.17) is 0 Å². The van der Waals surface area contributed by atoms with Crippen molar-refractivity contribution in [3.63, 3.8) is 0 Å². The summed E-state index contributed by atoms with van der Waals surface area (Å²) in [6.45, 7) is 0. The van der Waals surface area contributed by atoms with Gasteiger partial charge in [-0.2, -0.15) is 5.10 Å². The van der Waals surface area contributed by atoms with Crippen LogP contribution in [0, 0.1) is 0 Å². The van der Waals surface area contributed by atoms with Crippen LogP contribution in [0.3, 0.4) is 0 Å². The first-order chi connectivity index (χ1) is 8.79. The summed E-state index contributed by atoms with van der Waals surface area (Å²) in [4.78, 5) is 20.3. The maximum atomic E-state index is 11.7. The van der Waals surface area contributed by atoms with Gasteiger partial charge in [-0.1, -0.05) is 0 Å². The normalized spacial score (nSPS) is 10.7. The van der Waals surface area contributed by atoms with E-state index < -0.39 is 0 Å². The summed E-state index contributed by atoms with van der Waals surface area (Å²) in [7, 11) is 1.58. The predicted octanol–water partition coefficient (Wildman–Crippen LogP) is 1.01. The van der Waals surface area contributed by atoms with E-state index in [-0.39, 0.29) is 6.03 Å². The average Bonchev–Trinajstić information content (AvgIpc) is 3.06. The van der Waals surface area contributed by atoms with E-state index >= 15 is 0 Å². The zero-order valence-electron chi connectivity index (χ0n) is 9.58. The Morgan fingerprint density at radius 1 is 1.44 bits per heavy atom.